The summed E-state index contributed by atoms with van der Waals surface area (Å²) in [5.41, 5.74) is 8.29. The van der Waals surface area contributed by atoms with Crippen LogP contribution in [-0.2, 0) is 4.79 Å². The number of nitrogen functional groups attached to an aromatic ring is 1. The van der Waals surface area contributed by atoms with Crippen LogP contribution in [0.4, 0.5) is 5.69 Å². The third-order valence-electron chi connectivity index (χ3n) is 2.08. The molecule has 0 saturated heterocycles. The van der Waals surface area contributed by atoms with Crippen LogP contribution in [-0.4, -0.2) is 5.91 Å². The fourth-order valence-corrected chi connectivity index (χ4v) is 1.31. The second-order valence-electron chi connectivity index (χ2n) is 3.10. The van der Waals surface area contributed by atoms with E-state index in [1.165, 1.54) is 0 Å². The van der Waals surface area contributed by atoms with Crippen molar-refractivity contribution < 1.29 is 4.79 Å². The van der Waals surface area contributed by atoms with Crippen LogP contribution in [0.1, 0.15) is 12.5 Å². The van der Waals surface area contributed by atoms with Gasteiger partial charge in [-0.3, -0.25) is 4.79 Å². The van der Waals surface area contributed by atoms with Crippen LogP contribution >= 0.6 is 0 Å². The lowest BCUT2D eigenvalue weighted by Gasteiger charge is -2.00. The monoisotopic (exact) mass is 187 g/mol. The lowest BCUT2D eigenvalue weighted by Crippen LogP contribution is -1.92. The molecule has 0 aromatic heterocycles. The topological polar surface area (TPSA) is 67.8 Å². The number of carbonyl (C=O) groups is 1. The highest BCUT2D eigenvalue weighted by atomic mass is 16.2. The van der Waals surface area contributed by atoms with Crippen molar-refractivity contribution in [3.05, 3.63) is 35.4 Å². The maximum Gasteiger partial charge on any atom is 0.293 e. The SMILES string of the molecule is CC1=C(c2cccc(N)c2)N=NC1=O. The number of azo groups is 1. The first-order valence-corrected chi connectivity index (χ1v) is 4.21. The molecule has 4 nitrogen and oxygen atoms in total. The van der Waals surface area contributed by atoms with Crippen molar-refractivity contribution in [3.8, 4) is 0 Å². The lowest BCUT2D eigenvalue weighted by molar-refractivity contribution is -0.114. The first kappa shape index (κ1) is 8.62. The van der Waals surface area contributed by atoms with Crippen molar-refractivity contribution in [1.29, 1.82) is 0 Å². The summed E-state index contributed by atoms with van der Waals surface area (Å²) in [5, 5.41) is 7.28. The predicted molar refractivity (Wildman–Crippen MR) is 53.3 cm³/mol. The van der Waals surface area contributed by atoms with E-state index >= 15 is 0 Å². The van der Waals surface area contributed by atoms with Gasteiger partial charge in [0, 0.05) is 16.8 Å². The van der Waals surface area contributed by atoms with Crippen molar-refractivity contribution in [2.45, 2.75) is 6.92 Å². The molecule has 14 heavy (non-hydrogen) atoms. The zero-order valence-corrected chi connectivity index (χ0v) is 7.69. The van der Waals surface area contributed by atoms with Gasteiger partial charge in [0.1, 0.15) is 5.70 Å². The number of nitrogens with two attached hydrogens (primary N) is 1. The van der Waals surface area contributed by atoms with Crippen molar-refractivity contribution in [2.24, 2.45) is 10.2 Å². The molecular formula is C10H9N3O. The van der Waals surface area contributed by atoms with Crippen LogP contribution in [0.3, 0.4) is 0 Å². The third-order valence-corrected chi connectivity index (χ3v) is 2.08. The van der Waals surface area contributed by atoms with Gasteiger partial charge >= 0.3 is 0 Å². The molecule has 0 unspecified atom stereocenters. The number of nitrogens with zero attached hydrogens (tertiary/aromatic N) is 2. The molecule has 0 saturated carbocycles. The summed E-state index contributed by atoms with van der Waals surface area (Å²) in [6.07, 6.45) is 0. The second-order valence-corrected chi connectivity index (χ2v) is 3.10. The Hall–Kier alpha value is -1.97. The van der Waals surface area contributed by atoms with E-state index in [4.69, 9.17) is 5.73 Å². The average Bonchev–Trinajstić information content (AvgIpc) is 2.48. The average molecular weight is 187 g/mol. The van der Waals surface area contributed by atoms with E-state index in [0.717, 1.165) is 5.56 Å². The molecule has 4 heteroatoms. The van der Waals surface area contributed by atoms with Gasteiger partial charge in [0.25, 0.3) is 5.91 Å². The molecule has 0 radical (unpaired) electrons. The van der Waals surface area contributed by atoms with E-state index < -0.39 is 0 Å². The molecular weight excluding hydrogens is 178 g/mol. The van der Waals surface area contributed by atoms with Gasteiger partial charge in [-0.2, -0.15) is 0 Å². The highest BCUT2D eigenvalue weighted by molar-refractivity contribution is 6.03. The van der Waals surface area contributed by atoms with Crippen molar-refractivity contribution in [1.82, 2.24) is 0 Å². The molecule has 0 fully saturated rings. The van der Waals surface area contributed by atoms with Gasteiger partial charge in [0.2, 0.25) is 0 Å². The minimum absolute atomic E-state index is 0.276. The number of carbonyl (C=O) groups excluding carboxylic acids is 1. The van der Waals surface area contributed by atoms with E-state index in [1.807, 2.05) is 12.1 Å². The molecule has 1 aliphatic heterocycles. The Labute approximate surface area is 81.1 Å². The highest BCUT2D eigenvalue weighted by Gasteiger charge is 2.17. The van der Waals surface area contributed by atoms with Gasteiger partial charge in [-0.15, -0.1) is 10.2 Å². The number of hydrogen-bond acceptors (Lipinski definition) is 3. The van der Waals surface area contributed by atoms with Gasteiger partial charge in [-0.05, 0) is 19.1 Å². The standard InChI is InChI=1S/C10H9N3O/c1-6-9(12-13-10(6)14)7-3-2-4-8(11)5-7/h2-5H,11H2,1H3. The fraction of sp³-hybridized carbons (Fsp3) is 0.100. The maximum atomic E-state index is 11.1. The largest absolute Gasteiger partial charge is 0.399 e. The summed E-state index contributed by atoms with van der Waals surface area (Å²) in [5.74, 6) is -0.276. The van der Waals surface area contributed by atoms with Crippen molar-refractivity contribution in [2.75, 3.05) is 5.73 Å². The Bertz CT molecular complexity index is 460. The number of amides is 1. The zero-order valence-electron chi connectivity index (χ0n) is 7.69. The molecule has 0 bridgehead atoms. The summed E-state index contributed by atoms with van der Waals surface area (Å²) in [6, 6.07) is 7.24. The molecule has 1 amide bonds. The van der Waals surface area contributed by atoms with Gasteiger partial charge in [-0.1, -0.05) is 12.1 Å². The van der Waals surface area contributed by atoms with Crippen LogP contribution in [0.15, 0.2) is 40.1 Å². The molecule has 0 aliphatic carbocycles. The maximum absolute atomic E-state index is 11.1. The van der Waals surface area contributed by atoms with Gasteiger partial charge in [0.15, 0.2) is 0 Å². The van der Waals surface area contributed by atoms with Crippen LogP contribution < -0.4 is 5.73 Å². The number of hydrogen-bond donors (Lipinski definition) is 1. The van der Waals surface area contributed by atoms with E-state index in [-0.39, 0.29) is 5.91 Å². The molecule has 0 spiro atoms. The van der Waals surface area contributed by atoms with Gasteiger partial charge in [0.05, 0.1) is 0 Å². The molecule has 0 atom stereocenters. The molecule has 2 rings (SSSR count). The van der Waals surface area contributed by atoms with Gasteiger partial charge < -0.3 is 5.73 Å². The highest BCUT2D eigenvalue weighted by Crippen LogP contribution is 2.27. The van der Waals surface area contributed by atoms with Crippen LogP contribution in [0.2, 0.25) is 0 Å². The van der Waals surface area contributed by atoms with E-state index in [9.17, 15) is 4.79 Å². The second kappa shape index (κ2) is 3.06. The fourth-order valence-electron chi connectivity index (χ4n) is 1.31. The molecule has 1 heterocycles. The molecule has 1 aromatic rings. The van der Waals surface area contributed by atoms with Crippen LogP contribution in [0.25, 0.3) is 5.70 Å². The van der Waals surface area contributed by atoms with Crippen molar-refractivity contribution in [3.63, 3.8) is 0 Å². The minimum Gasteiger partial charge on any atom is -0.399 e. The quantitative estimate of drug-likeness (QED) is 0.683. The Balaban J connectivity index is 2.51. The molecule has 1 aromatic carbocycles. The van der Waals surface area contributed by atoms with Crippen LogP contribution in [0.5, 0.6) is 0 Å². The number of anilines is 1. The number of rotatable bonds is 1. The third kappa shape index (κ3) is 1.31. The van der Waals surface area contributed by atoms with E-state index in [0.29, 0.717) is 17.0 Å². The normalized spacial score (nSPS) is 15.4. The Morgan fingerprint density at radius 2 is 2.07 bits per heavy atom. The Morgan fingerprint density at radius 1 is 1.29 bits per heavy atom. The van der Waals surface area contributed by atoms with Gasteiger partial charge in [-0.25, -0.2) is 0 Å². The number of benzene rings is 1. The first-order valence-electron chi connectivity index (χ1n) is 4.21. The molecule has 1 aliphatic rings. The minimum atomic E-state index is -0.276. The van der Waals surface area contributed by atoms with E-state index in [2.05, 4.69) is 10.2 Å². The summed E-state index contributed by atoms with van der Waals surface area (Å²) >= 11 is 0. The smallest absolute Gasteiger partial charge is 0.293 e. The lowest BCUT2D eigenvalue weighted by atomic mass is 10.1. The molecule has 70 valence electrons. The van der Waals surface area contributed by atoms with Crippen LogP contribution in [0, 0.1) is 0 Å². The Morgan fingerprint density at radius 3 is 2.64 bits per heavy atom. The van der Waals surface area contributed by atoms with Crippen molar-refractivity contribution >= 4 is 17.3 Å². The summed E-state index contributed by atoms with van der Waals surface area (Å²) < 4.78 is 0. The zero-order chi connectivity index (χ0) is 10.1. The predicted octanol–water partition coefficient (Wildman–Crippen LogP) is 1.99. The molecule has 2 N–H and O–H groups in total. The first-order chi connectivity index (χ1) is 6.68. The summed E-state index contributed by atoms with van der Waals surface area (Å²) in [7, 11) is 0. The Kier molecular flexibility index (Phi) is 1.89. The van der Waals surface area contributed by atoms with E-state index in [1.54, 1.807) is 19.1 Å². The summed E-state index contributed by atoms with van der Waals surface area (Å²) in [6.45, 7) is 1.71. The summed E-state index contributed by atoms with van der Waals surface area (Å²) in [4.78, 5) is 11.1.